The minimum Gasteiger partial charge on any atom is -0.497 e. The van der Waals surface area contributed by atoms with Crippen molar-refractivity contribution < 1.29 is 9.84 Å². The van der Waals surface area contributed by atoms with Crippen molar-refractivity contribution in [1.82, 2.24) is 0 Å². The topological polar surface area (TPSA) is 29.5 Å². The van der Waals surface area contributed by atoms with Gasteiger partial charge in [-0.25, -0.2) is 0 Å². The molecule has 1 N–H and O–H groups in total. The zero-order valence-corrected chi connectivity index (χ0v) is 10.8. The van der Waals surface area contributed by atoms with Crippen molar-refractivity contribution in [2.24, 2.45) is 0 Å². The average Bonchev–Trinajstić information content (AvgIpc) is 2.37. The number of aryl methyl sites for hydroxylation is 1. The molecule has 94 valence electrons. The summed E-state index contributed by atoms with van der Waals surface area (Å²) in [6, 6.07) is 6.44. The molecule has 1 atom stereocenters. The lowest BCUT2D eigenvalue weighted by atomic mass is 9.69. The third kappa shape index (κ3) is 2.47. The Balaban J connectivity index is 2.34. The van der Waals surface area contributed by atoms with Crippen molar-refractivity contribution >= 4 is 0 Å². The highest BCUT2D eigenvalue weighted by Gasteiger charge is 2.31. The first-order valence-corrected chi connectivity index (χ1v) is 6.48. The molecule has 0 aliphatic heterocycles. The van der Waals surface area contributed by atoms with E-state index in [1.54, 1.807) is 7.11 Å². The van der Waals surface area contributed by atoms with E-state index in [1.165, 1.54) is 30.4 Å². The van der Waals surface area contributed by atoms with E-state index in [1.807, 2.05) is 0 Å². The lowest BCUT2D eigenvalue weighted by molar-refractivity contribution is 0.254. The van der Waals surface area contributed by atoms with E-state index in [2.05, 4.69) is 25.1 Å². The van der Waals surface area contributed by atoms with Gasteiger partial charge in [0.25, 0.3) is 0 Å². The van der Waals surface area contributed by atoms with Crippen LogP contribution < -0.4 is 4.74 Å². The number of aliphatic hydroxyl groups excluding tert-OH is 1. The summed E-state index contributed by atoms with van der Waals surface area (Å²) in [6.07, 6.45) is 5.58. The summed E-state index contributed by atoms with van der Waals surface area (Å²) in [7, 11) is 1.72. The summed E-state index contributed by atoms with van der Waals surface area (Å²) in [4.78, 5) is 0. The van der Waals surface area contributed by atoms with Crippen molar-refractivity contribution in [2.75, 3.05) is 13.7 Å². The number of methoxy groups -OCH3 is 1. The Labute approximate surface area is 104 Å². The summed E-state index contributed by atoms with van der Waals surface area (Å²) in [5.74, 6) is 0.945. The van der Waals surface area contributed by atoms with Crippen molar-refractivity contribution in [2.45, 2.75) is 44.4 Å². The van der Waals surface area contributed by atoms with Gasteiger partial charge in [-0.2, -0.15) is 0 Å². The minimum absolute atomic E-state index is 0.213. The SMILES string of the molecule is COc1ccc2c(c1)C(C)(CCCO)CCC2. The van der Waals surface area contributed by atoms with Gasteiger partial charge in [-0.3, -0.25) is 0 Å². The first kappa shape index (κ1) is 12.4. The Hall–Kier alpha value is -1.02. The second-order valence-corrected chi connectivity index (χ2v) is 5.26. The second-order valence-electron chi connectivity index (χ2n) is 5.26. The standard InChI is InChI=1S/C15H22O2/c1-15(9-4-10-16)8-3-5-12-6-7-13(17-2)11-14(12)15/h6-7,11,16H,3-5,8-10H2,1-2H3. The molecular formula is C15H22O2. The summed E-state index contributed by atoms with van der Waals surface area (Å²) in [6.45, 7) is 2.61. The van der Waals surface area contributed by atoms with E-state index >= 15 is 0 Å². The molecule has 0 fully saturated rings. The normalized spacial score (nSPS) is 23.2. The number of ether oxygens (including phenoxy) is 1. The molecule has 0 saturated heterocycles. The van der Waals surface area contributed by atoms with Crippen LogP contribution in [0.15, 0.2) is 18.2 Å². The van der Waals surface area contributed by atoms with Crippen LogP contribution in [0.4, 0.5) is 0 Å². The molecule has 2 heteroatoms. The summed E-state index contributed by atoms with van der Waals surface area (Å²) in [5, 5.41) is 9.04. The van der Waals surface area contributed by atoms with Crippen LogP contribution in [0.25, 0.3) is 0 Å². The number of hydrogen-bond donors (Lipinski definition) is 1. The highest BCUT2D eigenvalue weighted by Crippen LogP contribution is 2.41. The van der Waals surface area contributed by atoms with Crippen molar-refractivity contribution in [3.63, 3.8) is 0 Å². The van der Waals surface area contributed by atoms with Crippen LogP contribution in [0.1, 0.15) is 43.7 Å². The fourth-order valence-corrected chi connectivity index (χ4v) is 2.99. The van der Waals surface area contributed by atoms with Crippen LogP contribution in [-0.4, -0.2) is 18.8 Å². The van der Waals surface area contributed by atoms with E-state index in [0.29, 0.717) is 0 Å². The van der Waals surface area contributed by atoms with Gasteiger partial charge in [0.2, 0.25) is 0 Å². The first-order valence-electron chi connectivity index (χ1n) is 6.48. The van der Waals surface area contributed by atoms with Crippen LogP contribution in [0.5, 0.6) is 5.75 Å². The van der Waals surface area contributed by atoms with Gasteiger partial charge in [0.05, 0.1) is 7.11 Å². The summed E-state index contributed by atoms with van der Waals surface area (Å²) in [5.41, 5.74) is 3.10. The van der Waals surface area contributed by atoms with Crippen LogP contribution in [0, 0.1) is 0 Å². The number of hydrogen-bond acceptors (Lipinski definition) is 2. The molecular weight excluding hydrogens is 212 g/mol. The van der Waals surface area contributed by atoms with Gasteiger partial charge in [-0.15, -0.1) is 0 Å². The molecule has 0 bridgehead atoms. The van der Waals surface area contributed by atoms with Crippen molar-refractivity contribution in [1.29, 1.82) is 0 Å². The maximum Gasteiger partial charge on any atom is 0.119 e. The van der Waals surface area contributed by atoms with Crippen molar-refractivity contribution in [3.05, 3.63) is 29.3 Å². The minimum atomic E-state index is 0.213. The third-order valence-corrected chi connectivity index (χ3v) is 4.03. The van der Waals surface area contributed by atoms with Gasteiger partial charge in [-0.1, -0.05) is 13.0 Å². The molecule has 1 aromatic rings. The van der Waals surface area contributed by atoms with Gasteiger partial charge < -0.3 is 9.84 Å². The highest BCUT2D eigenvalue weighted by molar-refractivity contribution is 5.42. The Morgan fingerprint density at radius 1 is 1.41 bits per heavy atom. The Kier molecular flexibility index (Phi) is 3.72. The smallest absolute Gasteiger partial charge is 0.119 e. The van der Waals surface area contributed by atoms with Gasteiger partial charge in [0.1, 0.15) is 5.75 Å². The molecule has 1 aromatic carbocycles. The largest absolute Gasteiger partial charge is 0.497 e. The Bertz CT molecular complexity index is 387. The molecule has 0 saturated carbocycles. The Morgan fingerprint density at radius 2 is 2.24 bits per heavy atom. The monoisotopic (exact) mass is 234 g/mol. The Morgan fingerprint density at radius 3 is 2.94 bits per heavy atom. The van der Waals surface area contributed by atoms with Gasteiger partial charge in [0.15, 0.2) is 0 Å². The number of aliphatic hydroxyl groups is 1. The molecule has 1 aliphatic rings. The molecule has 0 heterocycles. The second kappa shape index (κ2) is 5.09. The van der Waals surface area contributed by atoms with Gasteiger partial charge in [-0.05, 0) is 60.8 Å². The van der Waals surface area contributed by atoms with Crippen molar-refractivity contribution in [3.8, 4) is 5.75 Å². The lowest BCUT2D eigenvalue weighted by Crippen LogP contribution is -2.28. The van der Waals surface area contributed by atoms with E-state index < -0.39 is 0 Å². The molecule has 0 aromatic heterocycles. The lowest BCUT2D eigenvalue weighted by Gasteiger charge is -2.36. The highest BCUT2D eigenvalue weighted by atomic mass is 16.5. The maximum atomic E-state index is 9.04. The fourth-order valence-electron chi connectivity index (χ4n) is 2.99. The molecule has 0 amide bonds. The van der Waals surface area contributed by atoms with Crippen LogP contribution in [0.3, 0.4) is 0 Å². The first-order chi connectivity index (χ1) is 8.19. The van der Waals surface area contributed by atoms with E-state index in [9.17, 15) is 0 Å². The number of rotatable bonds is 4. The van der Waals surface area contributed by atoms with E-state index in [4.69, 9.17) is 9.84 Å². The average molecular weight is 234 g/mol. The molecule has 17 heavy (non-hydrogen) atoms. The van der Waals surface area contributed by atoms with E-state index in [-0.39, 0.29) is 12.0 Å². The molecule has 2 nitrogen and oxygen atoms in total. The zero-order valence-electron chi connectivity index (χ0n) is 10.8. The zero-order chi connectivity index (χ0) is 12.3. The molecule has 0 radical (unpaired) electrons. The summed E-state index contributed by atoms with van der Waals surface area (Å²) < 4.78 is 5.33. The van der Waals surface area contributed by atoms with Gasteiger partial charge >= 0.3 is 0 Å². The van der Waals surface area contributed by atoms with E-state index in [0.717, 1.165) is 18.6 Å². The van der Waals surface area contributed by atoms with Crippen LogP contribution in [-0.2, 0) is 11.8 Å². The number of benzene rings is 1. The molecule has 2 rings (SSSR count). The molecule has 0 spiro atoms. The maximum absolute atomic E-state index is 9.04. The fraction of sp³-hybridized carbons (Fsp3) is 0.600. The molecule has 1 aliphatic carbocycles. The van der Waals surface area contributed by atoms with Gasteiger partial charge in [0, 0.05) is 6.61 Å². The van der Waals surface area contributed by atoms with Crippen LogP contribution >= 0.6 is 0 Å². The third-order valence-electron chi connectivity index (χ3n) is 4.03. The summed E-state index contributed by atoms with van der Waals surface area (Å²) >= 11 is 0. The molecule has 1 unspecified atom stereocenters. The number of fused-ring (bicyclic) bond motifs is 1. The predicted octanol–water partition coefficient (Wildman–Crippen LogP) is 3.06. The quantitative estimate of drug-likeness (QED) is 0.867. The van der Waals surface area contributed by atoms with Crippen LogP contribution in [0.2, 0.25) is 0 Å². The predicted molar refractivity (Wildman–Crippen MR) is 69.6 cm³/mol.